The fourth-order valence-corrected chi connectivity index (χ4v) is 3.91. The molecule has 0 N–H and O–H groups in total. The highest BCUT2D eigenvalue weighted by atomic mass is 35.5. The van der Waals surface area contributed by atoms with Gasteiger partial charge in [-0.2, -0.15) is 0 Å². The summed E-state index contributed by atoms with van der Waals surface area (Å²) in [6.45, 7) is 11.0. The highest BCUT2D eigenvalue weighted by molar-refractivity contribution is 7.09. The van der Waals surface area contributed by atoms with Crippen molar-refractivity contribution in [1.29, 1.82) is 0 Å². The van der Waals surface area contributed by atoms with E-state index >= 15 is 0 Å². The first-order valence-electron chi connectivity index (χ1n) is 5.50. The molecule has 0 bridgehead atoms. The monoisotopic (exact) mass is 277 g/mol. The topological polar surface area (TPSA) is 22.1 Å². The van der Waals surface area contributed by atoms with Crippen LogP contribution in [-0.2, 0) is 10.3 Å². The quantitative estimate of drug-likeness (QED) is 0.614. The van der Waals surface area contributed by atoms with Crippen molar-refractivity contribution in [2.24, 2.45) is 5.41 Å². The summed E-state index contributed by atoms with van der Waals surface area (Å²) in [7, 11) is -1.06. The summed E-state index contributed by atoms with van der Waals surface area (Å²) < 4.78 is 6.10. The maximum Gasteiger partial charge on any atom is 0.171 e. The van der Waals surface area contributed by atoms with E-state index in [1.807, 2.05) is 5.38 Å². The summed E-state index contributed by atoms with van der Waals surface area (Å²) in [5.74, 6) is 0.479. The highest BCUT2D eigenvalue weighted by Crippen LogP contribution is 2.38. The Morgan fingerprint density at radius 2 is 2.12 bits per heavy atom. The fourth-order valence-electron chi connectivity index (χ4n) is 1.41. The van der Waals surface area contributed by atoms with Crippen LogP contribution < -0.4 is 0 Å². The first-order chi connectivity index (χ1) is 7.34. The molecule has 1 aromatic rings. The standard InChI is InChI=1S/C11H20ClNOSSi/c1-11(2,3)9(14-16(4)5)10-13-8(6-12)7-15-10/h7,9,16H,6H2,1-5H3. The molecule has 1 aromatic heterocycles. The first-order valence-corrected chi connectivity index (χ1v) is 9.69. The van der Waals surface area contributed by atoms with Gasteiger partial charge in [0.25, 0.3) is 0 Å². The van der Waals surface area contributed by atoms with Crippen LogP contribution in [-0.4, -0.2) is 14.0 Å². The maximum atomic E-state index is 6.10. The summed E-state index contributed by atoms with van der Waals surface area (Å²) in [4.78, 5) is 4.53. The van der Waals surface area contributed by atoms with Crippen LogP contribution in [0.1, 0.15) is 37.6 Å². The van der Waals surface area contributed by atoms with Crippen LogP contribution in [0.15, 0.2) is 5.38 Å². The minimum Gasteiger partial charge on any atom is -0.411 e. The minimum atomic E-state index is -1.06. The molecule has 5 heteroatoms. The number of hydrogen-bond donors (Lipinski definition) is 0. The Morgan fingerprint density at radius 1 is 1.50 bits per heavy atom. The Labute approximate surface area is 109 Å². The van der Waals surface area contributed by atoms with Crippen LogP contribution in [0.3, 0.4) is 0 Å². The van der Waals surface area contributed by atoms with E-state index in [9.17, 15) is 0 Å². The molecule has 0 spiro atoms. The van der Waals surface area contributed by atoms with Gasteiger partial charge < -0.3 is 4.43 Å². The van der Waals surface area contributed by atoms with Crippen molar-refractivity contribution in [1.82, 2.24) is 4.98 Å². The largest absolute Gasteiger partial charge is 0.411 e. The molecule has 1 unspecified atom stereocenters. The average molecular weight is 278 g/mol. The zero-order valence-electron chi connectivity index (χ0n) is 10.6. The molecule has 2 nitrogen and oxygen atoms in total. The number of hydrogen-bond acceptors (Lipinski definition) is 3. The van der Waals surface area contributed by atoms with Crippen molar-refractivity contribution in [3.8, 4) is 0 Å². The molecular formula is C11H20ClNOSSi. The molecule has 0 aliphatic carbocycles. The SMILES string of the molecule is C[SiH](C)OC(c1nc(CCl)cs1)C(C)(C)C. The third-order valence-electron chi connectivity index (χ3n) is 2.13. The Hall–Kier alpha value is 0.0969. The number of thiazole rings is 1. The predicted molar refractivity (Wildman–Crippen MR) is 73.8 cm³/mol. The number of halogens is 1. The molecule has 0 aromatic carbocycles. The van der Waals surface area contributed by atoms with Gasteiger partial charge in [-0.1, -0.05) is 20.8 Å². The van der Waals surface area contributed by atoms with Crippen LogP contribution in [0.25, 0.3) is 0 Å². The molecule has 1 rings (SSSR count). The van der Waals surface area contributed by atoms with Gasteiger partial charge in [0, 0.05) is 5.38 Å². The van der Waals surface area contributed by atoms with Gasteiger partial charge in [0.05, 0.1) is 11.6 Å². The maximum absolute atomic E-state index is 6.10. The molecule has 0 fully saturated rings. The summed E-state index contributed by atoms with van der Waals surface area (Å²) in [5, 5.41) is 3.08. The smallest absolute Gasteiger partial charge is 0.171 e. The number of rotatable bonds is 4. The molecule has 1 atom stereocenters. The molecule has 0 saturated heterocycles. The minimum absolute atomic E-state index is 0.0820. The van der Waals surface area contributed by atoms with Crippen molar-refractivity contribution < 1.29 is 4.43 Å². The van der Waals surface area contributed by atoms with Crippen molar-refractivity contribution >= 4 is 32.0 Å². The van der Waals surface area contributed by atoms with Crippen LogP contribution in [0.5, 0.6) is 0 Å². The third-order valence-corrected chi connectivity index (χ3v) is 4.15. The normalized spacial score (nSPS) is 14.4. The van der Waals surface area contributed by atoms with E-state index in [1.165, 1.54) is 0 Å². The molecule has 1 heterocycles. The van der Waals surface area contributed by atoms with Gasteiger partial charge in [-0.05, 0) is 18.5 Å². The Morgan fingerprint density at radius 3 is 2.50 bits per heavy atom. The second kappa shape index (κ2) is 5.62. The van der Waals surface area contributed by atoms with Gasteiger partial charge in [-0.3, -0.25) is 0 Å². The van der Waals surface area contributed by atoms with Gasteiger partial charge in [0.2, 0.25) is 0 Å². The van der Waals surface area contributed by atoms with E-state index in [2.05, 4.69) is 38.8 Å². The molecule has 0 aliphatic heterocycles. The van der Waals surface area contributed by atoms with E-state index in [-0.39, 0.29) is 11.5 Å². The third kappa shape index (κ3) is 3.84. The molecule has 0 radical (unpaired) electrons. The molecule has 0 saturated carbocycles. The second-order valence-electron chi connectivity index (χ2n) is 5.24. The van der Waals surface area contributed by atoms with Gasteiger partial charge in [-0.15, -0.1) is 22.9 Å². The van der Waals surface area contributed by atoms with Crippen molar-refractivity contribution in [2.75, 3.05) is 0 Å². The summed E-state index contributed by atoms with van der Waals surface area (Å²) in [5.41, 5.74) is 1.03. The van der Waals surface area contributed by atoms with Crippen LogP contribution >= 0.6 is 22.9 Å². The number of nitrogens with zero attached hydrogens (tertiary/aromatic N) is 1. The Balaban J connectivity index is 2.92. The van der Waals surface area contributed by atoms with Crippen molar-refractivity contribution in [3.05, 3.63) is 16.1 Å². The number of alkyl halides is 1. The Bertz CT molecular complexity index is 335. The van der Waals surface area contributed by atoms with E-state index in [1.54, 1.807) is 11.3 Å². The summed E-state index contributed by atoms with van der Waals surface area (Å²) in [6, 6.07) is 0. The molecule has 0 amide bonds. The van der Waals surface area contributed by atoms with Crippen molar-refractivity contribution in [3.63, 3.8) is 0 Å². The fraction of sp³-hybridized carbons (Fsp3) is 0.727. The predicted octanol–water partition coefficient (Wildman–Crippen LogP) is 3.97. The van der Waals surface area contributed by atoms with Crippen molar-refractivity contribution in [2.45, 2.75) is 45.8 Å². The zero-order valence-corrected chi connectivity index (χ0v) is 13.3. The van der Waals surface area contributed by atoms with Crippen LogP contribution in [0.2, 0.25) is 13.1 Å². The lowest BCUT2D eigenvalue weighted by Crippen LogP contribution is -2.25. The van der Waals surface area contributed by atoms with Crippen LogP contribution in [0.4, 0.5) is 0 Å². The molecule has 0 aliphatic rings. The number of aromatic nitrogens is 1. The molecule has 16 heavy (non-hydrogen) atoms. The Kier molecular flexibility index (Phi) is 4.98. The van der Waals surface area contributed by atoms with Gasteiger partial charge >= 0.3 is 0 Å². The first kappa shape index (κ1) is 14.2. The molecule has 92 valence electrons. The second-order valence-corrected chi connectivity index (χ2v) is 8.77. The molecular weight excluding hydrogens is 258 g/mol. The highest BCUT2D eigenvalue weighted by Gasteiger charge is 2.30. The summed E-state index contributed by atoms with van der Waals surface area (Å²) in [6.07, 6.45) is 0.0983. The lowest BCUT2D eigenvalue weighted by atomic mass is 9.89. The lowest BCUT2D eigenvalue weighted by Gasteiger charge is -2.30. The average Bonchev–Trinajstić information content (AvgIpc) is 2.60. The van der Waals surface area contributed by atoms with E-state index in [0.29, 0.717) is 5.88 Å². The van der Waals surface area contributed by atoms with E-state index in [0.717, 1.165) is 10.7 Å². The summed E-state index contributed by atoms with van der Waals surface area (Å²) >= 11 is 7.43. The van der Waals surface area contributed by atoms with Crippen LogP contribution in [0, 0.1) is 5.41 Å². The van der Waals surface area contributed by atoms with Gasteiger partial charge in [0.1, 0.15) is 11.1 Å². The zero-order chi connectivity index (χ0) is 12.3. The van der Waals surface area contributed by atoms with E-state index < -0.39 is 9.04 Å². The van der Waals surface area contributed by atoms with Gasteiger partial charge in [0.15, 0.2) is 9.04 Å². The van der Waals surface area contributed by atoms with E-state index in [4.69, 9.17) is 16.0 Å². The van der Waals surface area contributed by atoms with Gasteiger partial charge in [-0.25, -0.2) is 4.98 Å². The lowest BCUT2D eigenvalue weighted by molar-refractivity contribution is 0.0862.